The first-order valence-corrected chi connectivity index (χ1v) is 7.88. The quantitative estimate of drug-likeness (QED) is 0.906. The molecule has 3 nitrogen and oxygen atoms in total. The van der Waals surface area contributed by atoms with E-state index in [4.69, 9.17) is 0 Å². The molecule has 0 aromatic heterocycles. The molecular weight excluding hydrogens is 323 g/mol. The van der Waals surface area contributed by atoms with E-state index in [-0.39, 0.29) is 11.7 Å². The van der Waals surface area contributed by atoms with E-state index in [0.717, 1.165) is 25.9 Å². The summed E-state index contributed by atoms with van der Waals surface area (Å²) in [5.74, 6) is -0.308. The fraction of sp³-hybridized carbons (Fsp3) is 0.533. The van der Waals surface area contributed by atoms with Crippen molar-refractivity contribution in [2.24, 2.45) is 0 Å². The van der Waals surface area contributed by atoms with E-state index in [0.29, 0.717) is 10.2 Å². The fourth-order valence-electron chi connectivity index (χ4n) is 2.48. The largest absolute Gasteiger partial charge is 0.371 e. The van der Waals surface area contributed by atoms with Crippen LogP contribution in [-0.2, 0) is 4.79 Å². The van der Waals surface area contributed by atoms with Crippen LogP contribution in [0.1, 0.15) is 32.6 Å². The Morgan fingerprint density at radius 2 is 1.95 bits per heavy atom. The van der Waals surface area contributed by atoms with Gasteiger partial charge in [0.2, 0.25) is 5.91 Å². The standard InChI is InChI=1S/C15H20BrFN2O/c1-11(15(20)19-9-4-2-3-5-10-19)18-14-12(16)7-6-8-13(14)17/h6-8,11,18H,2-5,9-10H2,1H3. The molecule has 1 aromatic carbocycles. The number of anilines is 1. The molecule has 2 rings (SSSR count). The van der Waals surface area contributed by atoms with E-state index in [1.54, 1.807) is 19.1 Å². The first-order chi connectivity index (χ1) is 9.59. The van der Waals surface area contributed by atoms with Gasteiger partial charge in [-0.05, 0) is 47.8 Å². The topological polar surface area (TPSA) is 32.3 Å². The molecule has 1 saturated heterocycles. The van der Waals surface area contributed by atoms with Crippen molar-refractivity contribution in [1.29, 1.82) is 0 Å². The molecule has 0 bridgehead atoms. The van der Waals surface area contributed by atoms with Crippen LogP contribution in [0.3, 0.4) is 0 Å². The maximum Gasteiger partial charge on any atom is 0.244 e. The number of amides is 1. The normalized spacial score (nSPS) is 17.4. The van der Waals surface area contributed by atoms with Gasteiger partial charge < -0.3 is 10.2 Å². The van der Waals surface area contributed by atoms with Crippen molar-refractivity contribution in [3.63, 3.8) is 0 Å². The first kappa shape index (κ1) is 15.3. The van der Waals surface area contributed by atoms with Gasteiger partial charge in [0.1, 0.15) is 11.9 Å². The third-order valence-electron chi connectivity index (χ3n) is 3.61. The molecule has 1 aromatic rings. The number of benzene rings is 1. The molecule has 1 amide bonds. The molecule has 1 fully saturated rings. The Morgan fingerprint density at radius 3 is 2.55 bits per heavy atom. The van der Waals surface area contributed by atoms with E-state index < -0.39 is 6.04 Å². The average Bonchev–Trinajstić information content (AvgIpc) is 2.71. The van der Waals surface area contributed by atoms with Crippen molar-refractivity contribution in [1.82, 2.24) is 4.90 Å². The number of carbonyl (C=O) groups is 1. The number of para-hydroxylation sites is 1. The second-order valence-corrected chi connectivity index (χ2v) is 6.06. The zero-order valence-corrected chi connectivity index (χ0v) is 13.2. The fourth-order valence-corrected chi connectivity index (χ4v) is 2.94. The van der Waals surface area contributed by atoms with Gasteiger partial charge >= 0.3 is 0 Å². The van der Waals surface area contributed by atoms with E-state index in [1.807, 2.05) is 4.90 Å². The first-order valence-electron chi connectivity index (χ1n) is 7.09. The predicted molar refractivity (Wildman–Crippen MR) is 82.2 cm³/mol. The lowest BCUT2D eigenvalue weighted by atomic mass is 10.2. The highest BCUT2D eigenvalue weighted by Gasteiger charge is 2.22. The van der Waals surface area contributed by atoms with Crippen LogP contribution in [0, 0.1) is 5.82 Å². The van der Waals surface area contributed by atoms with Gasteiger partial charge in [0.15, 0.2) is 0 Å². The molecule has 0 radical (unpaired) electrons. The third kappa shape index (κ3) is 3.72. The summed E-state index contributed by atoms with van der Waals surface area (Å²) in [6, 6.07) is 4.35. The Bertz CT molecular complexity index is 453. The van der Waals surface area contributed by atoms with Crippen LogP contribution >= 0.6 is 15.9 Å². The lowest BCUT2D eigenvalue weighted by Gasteiger charge is -2.25. The van der Waals surface area contributed by atoms with Crippen molar-refractivity contribution in [2.45, 2.75) is 38.6 Å². The van der Waals surface area contributed by atoms with Crippen LogP contribution in [0.25, 0.3) is 0 Å². The number of hydrogen-bond acceptors (Lipinski definition) is 2. The number of halogens is 2. The van der Waals surface area contributed by atoms with Gasteiger partial charge in [0.25, 0.3) is 0 Å². The molecule has 1 aliphatic rings. The molecule has 0 aliphatic carbocycles. The lowest BCUT2D eigenvalue weighted by molar-refractivity contribution is -0.131. The second-order valence-electron chi connectivity index (χ2n) is 5.20. The zero-order valence-electron chi connectivity index (χ0n) is 11.7. The highest BCUT2D eigenvalue weighted by Crippen LogP contribution is 2.26. The molecule has 0 spiro atoms. The maximum atomic E-state index is 13.8. The summed E-state index contributed by atoms with van der Waals surface area (Å²) >= 11 is 3.31. The number of rotatable bonds is 3. The molecule has 20 heavy (non-hydrogen) atoms. The van der Waals surface area contributed by atoms with E-state index in [9.17, 15) is 9.18 Å². The molecule has 1 unspecified atom stereocenters. The van der Waals surface area contributed by atoms with Crippen molar-refractivity contribution in [3.05, 3.63) is 28.5 Å². The van der Waals surface area contributed by atoms with Crippen molar-refractivity contribution in [3.8, 4) is 0 Å². The summed E-state index contributed by atoms with van der Waals surface area (Å²) in [6.07, 6.45) is 4.48. The Morgan fingerprint density at radius 1 is 1.30 bits per heavy atom. The number of carbonyl (C=O) groups excluding carboxylic acids is 1. The summed E-state index contributed by atoms with van der Waals surface area (Å²) in [4.78, 5) is 14.3. The maximum absolute atomic E-state index is 13.8. The SMILES string of the molecule is CC(Nc1c(F)cccc1Br)C(=O)N1CCCCCC1. The number of nitrogens with zero attached hydrogens (tertiary/aromatic N) is 1. The van der Waals surface area contributed by atoms with Gasteiger partial charge in [-0.25, -0.2) is 4.39 Å². The summed E-state index contributed by atoms with van der Waals surface area (Å²) in [6.45, 7) is 3.40. The highest BCUT2D eigenvalue weighted by atomic mass is 79.9. The van der Waals surface area contributed by atoms with Crippen LogP contribution in [0.15, 0.2) is 22.7 Å². The van der Waals surface area contributed by atoms with Crippen molar-refractivity contribution < 1.29 is 9.18 Å². The highest BCUT2D eigenvalue weighted by molar-refractivity contribution is 9.10. The summed E-state index contributed by atoms with van der Waals surface area (Å²) in [5.41, 5.74) is 0.350. The summed E-state index contributed by atoms with van der Waals surface area (Å²) < 4.78 is 14.4. The van der Waals surface area contributed by atoms with Crippen molar-refractivity contribution in [2.75, 3.05) is 18.4 Å². The van der Waals surface area contributed by atoms with Gasteiger partial charge in [0.05, 0.1) is 5.69 Å². The Kier molecular flexibility index (Phi) is 5.40. The number of hydrogen-bond donors (Lipinski definition) is 1. The third-order valence-corrected chi connectivity index (χ3v) is 4.27. The van der Waals surface area contributed by atoms with E-state index >= 15 is 0 Å². The minimum absolute atomic E-state index is 0.0436. The van der Waals surface area contributed by atoms with Gasteiger partial charge in [-0.1, -0.05) is 18.9 Å². The van der Waals surface area contributed by atoms with Crippen LogP contribution in [-0.4, -0.2) is 29.9 Å². The lowest BCUT2D eigenvalue weighted by Crippen LogP contribution is -2.42. The number of likely N-dealkylation sites (tertiary alicyclic amines) is 1. The minimum atomic E-state index is -0.429. The van der Waals surface area contributed by atoms with Gasteiger partial charge in [-0.2, -0.15) is 0 Å². The van der Waals surface area contributed by atoms with Gasteiger partial charge in [0, 0.05) is 17.6 Å². The number of nitrogens with one attached hydrogen (secondary N) is 1. The average molecular weight is 343 g/mol. The summed E-state index contributed by atoms with van der Waals surface area (Å²) in [5, 5.41) is 2.98. The Hall–Kier alpha value is -1.10. The Balaban J connectivity index is 2.03. The zero-order chi connectivity index (χ0) is 14.5. The van der Waals surface area contributed by atoms with Crippen LogP contribution in [0.4, 0.5) is 10.1 Å². The van der Waals surface area contributed by atoms with Gasteiger partial charge in [-0.3, -0.25) is 4.79 Å². The predicted octanol–water partition coefficient (Wildman–Crippen LogP) is 3.79. The Labute approximate surface area is 127 Å². The minimum Gasteiger partial charge on any atom is -0.371 e. The van der Waals surface area contributed by atoms with E-state index in [2.05, 4.69) is 21.2 Å². The smallest absolute Gasteiger partial charge is 0.244 e. The second kappa shape index (κ2) is 7.07. The molecule has 1 aliphatic heterocycles. The van der Waals surface area contributed by atoms with Crippen molar-refractivity contribution >= 4 is 27.5 Å². The van der Waals surface area contributed by atoms with E-state index in [1.165, 1.54) is 18.9 Å². The molecule has 1 heterocycles. The molecule has 1 N–H and O–H groups in total. The molecule has 1 atom stereocenters. The summed E-state index contributed by atoms with van der Waals surface area (Å²) in [7, 11) is 0. The monoisotopic (exact) mass is 342 g/mol. The molecule has 0 saturated carbocycles. The van der Waals surface area contributed by atoms with Crippen LogP contribution in [0.2, 0.25) is 0 Å². The van der Waals surface area contributed by atoms with Crippen LogP contribution < -0.4 is 5.32 Å². The molecular formula is C15H20BrFN2O. The molecule has 5 heteroatoms. The molecule has 110 valence electrons. The van der Waals surface area contributed by atoms with Crippen LogP contribution in [0.5, 0.6) is 0 Å². The van der Waals surface area contributed by atoms with Gasteiger partial charge in [-0.15, -0.1) is 0 Å².